The lowest BCUT2D eigenvalue weighted by Crippen LogP contribution is -2.05. The zero-order chi connectivity index (χ0) is 15.6. The number of nitrogen functional groups attached to an aromatic ring is 1. The van der Waals surface area contributed by atoms with Crippen LogP contribution in [0.5, 0.6) is 0 Å². The van der Waals surface area contributed by atoms with Gasteiger partial charge in [0.1, 0.15) is 17.5 Å². The van der Waals surface area contributed by atoms with Crippen molar-refractivity contribution in [2.45, 2.75) is 40.0 Å². The molecule has 0 aliphatic heterocycles. The van der Waals surface area contributed by atoms with Gasteiger partial charge in [-0.05, 0) is 36.0 Å². The number of hydrogen-bond acceptors (Lipinski definition) is 3. The van der Waals surface area contributed by atoms with E-state index >= 15 is 0 Å². The summed E-state index contributed by atoms with van der Waals surface area (Å²) in [7, 11) is 0. The van der Waals surface area contributed by atoms with Crippen molar-refractivity contribution in [2.75, 3.05) is 5.73 Å². The van der Waals surface area contributed by atoms with Crippen molar-refractivity contribution in [2.24, 2.45) is 0 Å². The number of pyridine rings is 1. The fourth-order valence-electron chi connectivity index (χ4n) is 2.66. The molecule has 0 spiro atoms. The normalized spacial score (nSPS) is 10.7. The molecule has 0 unspecified atom stereocenters. The zero-order valence-corrected chi connectivity index (χ0v) is 13.1. The highest BCUT2D eigenvalue weighted by Crippen LogP contribution is 2.33. The van der Waals surface area contributed by atoms with Gasteiger partial charge in [0.25, 0.3) is 0 Å². The van der Waals surface area contributed by atoms with Gasteiger partial charge in [0.2, 0.25) is 0 Å². The van der Waals surface area contributed by atoms with Gasteiger partial charge < -0.3 is 5.73 Å². The maximum Gasteiger partial charge on any atom is 0.142 e. The van der Waals surface area contributed by atoms with E-state index < -0.39 is 0 Å². The van der Waals surface area contributed by atoms with Crippen molar-refractivity contribution >= 4 is 5.82 Å². The van der Waals surface area contributed by atoms with Crippen LogP contribution >= 0.6 is 0 Å². The number of nitrogens with zero attached hydrogens (tertiary/aromatic N) is 2. The first-order chi connectivity index (χ1) is 9.99. The molecule has 0 atom stereocenters. The van der Waals surface area contributed by atoms with Crippen LogP contribution in [0, 0.1) is 18.3 Å². The molecule has 2 aromatic rings. The number of aryl methyl sites for hydroxylation is 1. The summed E-state index contributed by atoms with van der Waals surface area (Å²) >= 11 is 0. The van der Waals surface area contributed by atoms with Crippen LogP contribution in [0.1, 0.15) is 49.1 Å². The van der Waals surface area contributed by atoms with Crippen molar-refractivity contribution in [3.63, 3.8) is 0 Å². The van der Waals surface area contributed by atoms with E-state index in [-0.39, 0.29) is 0 Å². The van der Waals surface area contributed by atoms with E-state index in [0.717, 1.165) is 28.8 Å². The summed E-state index contributed by atoms with van der Waals surface area (Å²) < 4.78 is 0. The van der Waals surface area contributed by atoms with Gasteiger partial charge in [0, 0.05) is 11.3 Å². The van der Waals surface area contributed by atoms with Crippen molar-refractivity contribution in [3.05, 3.63) is 46.6 Å². The molecule has 0 bridgehead atoms. The summed E-state index contributed by atoms with van der Waals surface area (Å²) in [4.78, 5) is 4.30. The van der Waals surface area contributed by atoms with Gasteiger partial charge >= 0.3 is 0 Å². The Morgan fingerprint density at radius 2 is 1.86 bits per heavy atom. The lowest BCUT2D eigenvalue weighted by atomic mass is 9.91. The number of hydrogen-bond donors (Lipinski definition) is 1. The monoisotopic (exact) mass is 279 g/mol. The maximum absolute atomic E-state index is 9.44. The van der Waals surface area contributed by atoms with Crippen LogP contribution in [0.15, 0.2) is 24.3 Å². The van der Waals surface area contributed by atoms with Gasteiger partial charge in [-0.25, -0.2) is 4.98 Å². The summed E-state index contributed by atoms with van der Waals surface area (Å²) in [5.41, 5.74) is 11.7. The molecule has 0 aliphatic carbocycles. The summed E-state index contributed by atoms with van der Waals surface area (Å²) in [6.45, 7) is 8.36. The Morgan fingerprint density at radius 1 is 1.24 bits per heavy atom. The Morgan fingerprint density at radius 3 is 2.33 bits per heavy atom. The predicted molar refractivity (Wildman–Crippen MR) is 87.0 cm³/mol. The Kier molecular flexibility index (Phi) is 4.28. The molecular formula is C18H21N3. The smallest absolute Gasteiger partial charge is 0.142 e. The summed E-state index contributed by atoms with van der Waals surface area (Å²) in [5, 5.41) is 9.44. The molecule has 3 heteroatoms. The molecule has 0 amide bonds. The first-order valence-corrected chi connectivity index (χ1v) is 7.28. The molecule has 0 aliphatic rings. The minimum atomic E-state index is 0.315. The van der Waals surface area contributed by atoms with E-state index in [1.807, 2.05) is 6.92 Å². The number of rotatable bonds is 3. The van der Waals surface area contributed by atoms with Crippen LogP contribution in [-0.4, -0.2) is 4.98 Å². The summed E-state index contributed by atoms with van der Waals surface area (Å²) in [6, 6.07) is 10.6. The van der Waals surface area contributed by atoms with Crippen LogP contribution in [-0.2, 0) is 6.42 Å². The first-order valence-electron chi connectivity index (χ1n) is 7.28. The highest BCUT2D eigenvalue weighted by Gasteiger charge is 2.17. The minimum absolute atomic E-state index is 0.315. The van der Waals surface area contributed by atoms with Crippen molar-refractivity contribution in [3.8, 4) is 17.2 Å². The molecule has 108 valence electrons. The average Bonchev–Trinajstić information content (AvgIpc) is 2.46. The Balaban J connectivity index is 2.70. The summed E-state index contributed by atoms with van der Waals surface area (Å²) in [6.07, 6.45) is 0.828. The molecule has 1 aromatic carbocycles. The molecule has 0 fully saturated rings. The number of nitrogens with two attached hydrogens (primary N) is 1. The first kappa shape index (κ1) is 15.1. The topological polar surface area (TPSA) is 62.7 Å². The van der Waals surface area contributed by atoms with Gasteiger partial charge in [0.05, 0.1) is 0 Å². The van der Waals surface area contributed by atoms with Crippen LogP contribution in [0.2, 0.25) is 0 Å². The fraction of sp³-hybridized carbons (Fsp3) is 0.333. The van der Waals surface area contributed by atoms with Gasteiger partial charge in [-0.15, -0.1) is 0 Å². The quantitative estimate of drug-likeness (QED) is 0.916. The van der Waals surface area contributed by atoms with E-state index in [9.17, 15) is 5.26 Å². The molecule has 2 rings (SSSR count). The number of anilines is 1. The Hall–Kier alpha value is -2.34. The van der Waals surface area contributed by atoms with Crippen molar-refractivity contribution < 1.29 is 0 Å². The summed E-state index contributed by atoms with van der Waals surface area (Å²) in [5.74, 6) is 0.805. The van der Waals surface area contributed by atoms with E-state index in [0.29, 0.717) is 17.3 Å². The lowest BCUT2D eigenvalue weighted by molar-refractivity contribution is 0.867. The molecule has 0 radical (unpaired) electrons. The molecule has 21 heavy (non-hydrogen) atoms. The maximum atomic E-state index is 9.44. The predicted octanol–water partition coefficient (Wildman–Crippen LogP) is 4.20. The van der Waals surface area contributed by atoms with Crippen LogP contribution < -0.4 is 5.73 Å². The largest absolute Gasteiger partial charge is 0.383 e. The number of aromatic nitrogens is 1. The molecule has 2 N–H and O–H groups in total. The van der Waals surface area contributed by atoms with Gasteiger partial charge in [-0.1, -0.05) is 45.0 Å². The minimum Gasteiger partial charge on any atom is -0.383 e. The van der Waals surface area contributed by atoms with Crippen molar-refractivity contribution in [1.82, 2.24) is 4.98 Å². The third-order valence-corrected chi connectivity index (χ3v) is 3.86. The van der Waals surface area contributed by atoms with E-state index in [1.54, 1.807) is 0 Å². The van der Waals surface area contributed by atoms with Gasteiger partial charge in [-0.2, -0.15) is 5.26 Å². The second kappa shape index (κ2) is 5.97. The van der Waals surface area contributed by atoms with Gasteiger partial charge in [-0.3, -0.25) is 0 Å². The molecule has 1 heterocycles. The highest BCUT2D eigenvalue weighted by atomic mass is 14.8. The Labute approximate surface area is 126 Å². The standard InChI is InChI=1S/C18H21N3/c1-5-15-12(4)21-18(20)16(10-19)17(15)14-8-6-13(7-9-14)11(2)3/h6-9,11H,5H2,1-4H3,(H2,20,21). The van der Waals surface area contributed by atoms with E-state index in [4.69, 9.17) is 5.73 Å². The fourth-order valence-corrected chi connectivity index (χ4v) is 2.66. The average molecular weight is 279 g/mol. The molecule has 0 saturated heterocycles. The zero-order valence-electron chi connectivity index (χ0n) is 13.1. The molecule has 1 aromatic heterocycles. The molecule has 0 saturated carbocycles. The van der Waals surface area contributed by atoms with Crippen LogP contribution in [0.25, 0.3) is 11.1 Å². The van der Waals surface area contributed by atoms with E-state index in [1.165, 1.54) is 5.56 Å². The second-order valence-electron chi connectivity index (χ2n) is 5.55. The Bertz CT molecular complexity index is 692. The third kappa shape index (κ3) is 2.75. The SMILES string of the molecule is CCc1c(C)nc(N)c(C#N)c1-c1ccc(C(C)C)cc1. The van der Waals surface area contributed by atoms with Gasteiger partial charge in [0.15, 0.2) is 0 Å². The van der Waals surface area contributed by atoms with Crippen LogP contribution in [0.3, 0.4) is 0 Å². The van der Waals surface area contributed by atoms with E-state index in [2.05, 4.69) is 56.1 Å². The second-order valence-corrected chi connectivity index (χ2v) is 5.55. The number of benzene rings is 1. The lowest BCUT2D eigenvalue weighted by Gasteiger charge is -2.15. The molecule has 3 nitrogen and oxygen atoms in total. The molecular weight excluding hydrogens is 258 g/mol. The highest BCUT2D eigenvalue weighted by molar-refractivity contribution is 5.79. The number of nitriles is 1. The third-order valence-electron chi connectivity index (χ3n) is 3.86. The van der Waals surface area contributed by atoms with Crippen molar-refractivity contribution in [1.29, 1.82) is 5.26 Å². The van der Waals surface area contributed by atoms with Crippen LogP contribution in [0.4, 0.5) is 5.82 Å².